The highest BCUT2D eigenvalue weighted by Crippen LogP contribution is 2.60. The minimum absolute atomic E-state index is 0.0273. The van der Waals surface area contributed by atoms with Gasteiger partial charge in [-0.25, -0.2) is 4.99 Å². The largest absolute Gasteiger partial charge is 0.451 e. The summed E-state index contributed by atoms with van der Waals surface area (Å²) in [5.74, 6) is -4.13. The molecule has 0 N–H and O–H groups in total. The Kier molecular flexibility index (Phi) is 4.39. The molecule has 4 nitrogen and oxygen atoms in total. The Morgan fingerprint density at radius 2 is 1.52 bits per heavy atom. The summed E-state index contributed by atoms with van der Waals surface area (Å²) >= 11 is 0. The van der Waals surface area contributed by atoms with Gasteiger partial charge in [0.15, 0.2) is 8.24 Å². The van der Waals surface area contributed by atoms with Crippen LogP contribution in [-0.4, -0.2) is 44.0 Å². The van der Waals surface area contributed by atoms with Gasteiger partial charge in [0.2, 0.25) is 11.7 Å². The first-order chi connectivity index (χ1) is 9.06. The highest BCUT2D eigenvalue weighted by molar-refractivity contribution is 7.59. The summed E-state index contributed by atoms with van der Waals surface area (Å²) in [5.41, 5.74) is 0. The zero-order chi connectivity index (χ0) is 16.9. The van der Waals surface area contributed by atoms with Crippen molar-refractivity contribution in [3.05, 3.63) is 0 Å². The van der Waals surface area contributed by atoms with Gasteiger partial charge in [-0.05, 0) is 19.6 Å². The molecule has 0 aromatic rings. The van der Waals surface area contributed by atoms with Crippen molar-refractivity contribution in [3.63, 3.8) is 0 Å². The first-order valence-corrected chi connectivity index (χ1v) is 10.5. The molecule has 0 aliphatic carbocycles. The van der Waals surface area contributed by atoms with Crippen molar-refractivity contribution in [2.45, 2.75) is 32.0 Å². The van der Waals surface area contributed by atoms with Gasteiger partial charge in [-0.15, -0.1) is 0 Å². The molecular weight excluding hydrogens is 344 g/mol. The number of halogens is 7. The lowest BCUT2D eigenvalue weighted by Gasteiger charge is -2.32. The third-order valence-electron chi connectivity index (χ3n) is 2.06. The molecule has 1 unspecified atom stereocenters. The van der Waals surface area contributed by atoms with Crippen molar-refractivity contribution in [2.24, 2.45) is 14.2 Å². The van der Waals surface area contributed by atoms with Crippen LogP contribution in [0.25, 0.3) is 0 Å². The van der Waals surface area contributed by atoms with Crippen LogP contribution in [0.1, 0.15) is 0 Å². The maximum absolute atomic E-state index is 14.7. The first kappa shape index (κ1) is 18.1. The second-order valence-corrected chi connectivity index (χ2v) is 12.1. The standard InChI is InChI=1S/C8H12F7N4PSi/c1-19-6(8(12,13)14)16-5(7(9,10)11)17-20(19,15)18-21(2,3)4/h1-4H3. The molecule has 21 heavy (non-hydrogen) atoms. The summed E-state index contributed by atoms with van der Waals surface area (Å²) in [4.78, 5) is 2.42. The molecule has 0 aromatic carbocycles. The third kappa shape index (κ3) is 4.28. The van der Waals surface area contributed by atoms with E-state index in [9.17, 15) is 30.5 Å². The van der Waals surface area contributed by atoms with Gasteiger partial charge in [-0.3, -0.25) is 9.08 Å². The Morgan fingerprint density at radius 1 is 1.05 bits per heavy atom. The van der Waals surface area contributed by atoms with Crippen LogP contribution in [0.5, 0.6) is 0 Å². The van der Waals surface area contributed by atoms with E-state index in [1.165, 1.54) is 19.6 Å². The zero-order valence-electron chi connectivity index (χ0n) is 11.4. The van der Waals surface area contributed by atoms with Crippen LogP contribution < -0.4 is 0 Å². The van der Waals surface area contributed by atoms with Gasteiger partial charge in [0.25, 0.3) is 0 Å². The summed E-state index contributed by atoms with van der Waals surface area (Å²) in [6.45, 7) is 4.43. The number of aliphatic imine (C=N–C) groups is 1. The SMILES string of the molecule is CN1C(C(F)(F)F)=NC(C(F)(F)F)=NP1(F)=N[Si](C)(C)C. The fraction of sp³-hybridized carbons (Fsp3) is 0.750. The van der Waals surface area contributed by atoms with E-state index in [1.54, 1.807) is 0 Å². The molecule has 0 spiro atoms. The lowest BCUT2D eigenvalue weighted by molar-refractivity contribution is -0.0674. The zero-order valence-corrected chi connectivity index (χ0v) is 13.3. The summed E-state index contributed by atoms with van der Waals surface area (Å²) in [7, 11) is -6.87. The average molecular weight is 356 g/mol. The number of alkyl halides is 6. The normalized spacial score (nSPS) is 24.6. The number of hydrogen-bond donors (Lipinski definition) is 0. The first-order valence-electron chi connectivity index (χ1n) is 5.47. The van der Waals surface area contributed by atoms with Gasteiger partial charge in [0.1, 0.15) is 0 Å². The van der Waals surface area contributed by atoms with E-state index >= 15 is 0 Å². The van der Waals surface area contributed by atoms with E-state index < -0.39 is 39.9 Å². The molecule has 0 bridgehead atoms. The molecule has 1 atom stereocenters. The maximum atomic E-state index is 14.7. The predicted molar refractivity (Wildman–Crippen MR) is 68.5 cm³/mol. The Hall–Kier alpha value is -0.903. The highest BCUT2D eigenvalue weighted by atomic mass is 31.2. The minimum Gasteiger partial charge on any atom is -0.280 e. The molecule has 0 radical (unpaired) electrons. The Bertz CT molecular complexity index is 542. The van der Waals surface area contributed by atoms with Crippen molar-refractivity contribution < 1.29 is 30.5 Å². The summed E-state index contributed by atoms with van der Waals surface area (Å²) in [6.07, 6.45) is -10.5. The summed E-state index contributed by atoms with van der Waals surface area (Å²) in [5, 5.41) is 0. The van der Waals surface area contributed by atoms with Crippen LogP contribution in [0.2, 0.25) is 19.6 Å². The van der Waals surface area contributed by atoms with E-state index in [-0.39, 0.29) is 4.67 Å². The van der Waals surface area contributed by atoms with Crippen LogP contribution in [0.3, 0.4) is 0 Å². The maximum Gasteiger partial charge on any atom is 0.451 e. The molecule has 13 heteroatoms. The molecule has 1 heterocycles. The van der Waals surface area contributed by atoms with Gasteiger partial charge in [-0.2, -0.15) is 35.3 Å². The lowest BCUT2D eigenvalue weighted by Crippen LogP contribution is -2.41. The van der Waals surface area contributed by atoms with Gasteiger partial charge in [0, 0.05) is 7.05 Å². The third-order valence-corrected chi connectivity index (χ3v) is 6.87. The van der Waals surface area contributed by atoms with Crippen LogP contribution >= 0.6 is 7.67 Å². The van der Waals surface area contributed by atoms with Crippen molar-refractivity contribution >= 4 is 27.6 Å². The van der Waals surface area contributed by atoms with Crippen molar-refractivity contribution in [3.8, 4) is 0 Å². The van der Waals surface area contributed by atoms with Gasteiger partial charge >= 0.3 is 20.0 Å². The average Bonchev–Trinajstić information content (AvgIpc) is 2.15. The van der Waals surface area contributed by atoms with Crippen LogP contribution in [0, 0.1) is 0 Å². The van der Waals surface area contributed by atoms with E-state index in [2.05, 4.69) is 14.2 Å². The Labute approximate surface area is 117 Å². The van der Waals surface area contributed by atoms with Gasteiger partial charge < -0.3 is 0 Å². The van der Waals surface area contributed by atoms with E-state index in [4.69, 9.17) is 0 Å². The molecule has 0 fully saturated rings. The fourth-order valence-electron chi connectivity index (χ4n) is 1.34. The second-order valence-electron chi connectivity index (χ2n) is 5.14. The highest BCUT2D eigenvalue weighted by Gasteiger charge is 2.51. The van der Waals surface area contributed by atoms with Crippen LogP contribution in [0.4, 0.5) is 30.5 Å². The van der Waals surface area contributed by atoms with Gasteiger partial charge in [0.05, 0.1) is 0 Å². The number of amidine groups is 2. The molecular formula is C8H12F7N4PSi. The lowest BCUT2D eigenvalue weighted by atomic mass is 10.5. The fourth-order valence-corrected chi connectivity index (χ4v) is 6.04. The topological polar surface area (TPSA) is 40.3 Å². The molecule has 122 valence electrons. The number of hydrogen-bond acceptors (Lipinski definition) is 2. The Balaban J connectivity index is 3.61. The molecule has 1 aliphatic heterocycles. The Morgan fingerprint density at radius 3 is 1.86 bits per heavy atom. The van der Waals surface area contributed by atoms with Crippen LogP contribution in [0.15, 0.2) is 14.2 Å². The molecule has 0 saturated carbocycles. The molecule has 0 amide bonds. The molecule has 0 saturated heterocycles. The van der Waals surface area contributed by atoms with E-state index in [1.807, 2.05) is 0 Å². The van der Waals surface area contributed by atoms with Crippen molar-refractivity contribution in [1.82, 2.24) is 4.67 Å². The predicted octanol–water partition coefficient (Wildman–Crippen LogP) is 4.60. The smallest absolute Gasteiger partial charge is 0.280 e. The molecule has 1 rings (SSSR count). The quantitative estimate of drug-likeness (QED) is 0.384. The molecule has 0 aromatic heterocycles. The van der Waals surface area contributed by atoms with Gasteiger partial charge in [-0.1, -0.05) is 0 Å². The number of rotatable bonds is 1. The van der Waals surface area contributed by atoms with Crippen molar-refractivity contribution in [1.29, 1.82) is 0 Å². The summed E-state index contributed by atoms with van der Waals surface area (Å²) in [6, 6.07) is 0. The van der Waals surface area contributed by atoms with E-state index in [0.717, 1.165) is 0 Å². The van der Waals surface area contributed by atoms with E-state index in [0.29, 0.717) is 7.05 Å². The minimum atomic E-state index is -5.29. The summed E-state index contributed by atoms with van der Waals surface area (Å²) < 4.78 is 97.0. The van der Waals surface area contributed by atoms with Crippen LogP contribution in [-0.2, 0) is 0 Å². The van der Waals surface area contributed by atoms with Crippen molar-refractivity contribution in [2.75, 3.05) is 7.05 Å². The molecule has 1 aliphatic rings. The number of nitrogens with zero attached hydrogens (tertiary/aromatic N) is 4. The monoisotopic (exact) mass is 356 g/mol. The second kappa shape index (κ2) is 5.08.